The molecule has 5 heteroatoms. The van der Waals surface area contributed by atoms with Crippen LogP contribution in [0.3, 0.4) is 0 Å². The smallest absolute Gasteiger partial charge is 0.160 e. The molecule has 4 heterocycles. The minimum Gasteiger partial charge on any atom is -0.311 e. The van der Waals surface area contributed by atoms with E-state index in [-0.39, 0.29) is 0 Å². The summed E-state index contributed by atoms with van der Waals surface area (Å²) in [6.45, 7) is 1.09. The van der Waals surface area contributed by atoms with Crippen molar-refractivity contribution in [2.75, 3.05) is 17.3 Å². The summed E-state index contributed by atoms with van der Waals surface area (Å²) in [5.41, 5.74) is 2.16. The first-order chi connectivity index (χ1) is 9.92. The van der Waals surface area contributed by atoms with Crippen molar-refractivity contribution in [2.24, 2.45) is 0 Å². The van der Waals surface area contributed by atoms with Gasteiger partial charge in [0.1, 0.15) is 11.3 Å². The zero-order valence-electron chi connectivity index (χ0n) is 11.5. The predicted molar refractivity (Wildman–Crippen MR) is 87.7 cm³/mol. The van der Waals surface area contributed by atoms with Gasteiger partial charge in [-0.15, -0.1) is 0 Å². The second-order valence-corrected chi connectivity index (χ2v) is 8.18. The summed E-state index contributed by atoms with van der Waals surface area (Å²) in [6.07, 6.45) is 5.88. The Hall–Kier alpha value is -0.680. The molecule has 2 saturated heterocycles. The molecule has 0 amide bonds. The second kappa shape index (κ2) is 5.60. The lowest BCUT2D eigenvalue weighted by Gasteiger charge is -2.16. The molecule has 4 rings (SSSR count). The van der Waals surface area contributed by atoms with Crippen molar-refractivity contribution < 1.29 is 0 Å². The first-order valence-corrected chi connectivity index (χ1v) is 9.62. The Kier molecular flexibility index (Phi) is 3.65. The number of thioether (sulfide) groups is 2. The number of hydrogen-bond acceptors (Lipinski definition) is 4. The van der Waals surface area contributed by atoms with Crippen LogP contribution in [-0.4, -0.2) is 37.0 Å². The van der Waals surface area contributed by atoms with Crippen LogP contribution in [0, 0.1) is 0 Å². The summed E-state index contributed by atoms with van der Waals surface area (Å²) in [5.74, 6) is 5.73. The van der Waals surface area contributed by atoms with Crippen LogP contribution in [0.4, 0.5) is 0 Å². The molecule has 0 saturated carbocycles. The highest BCUT2D eigenvalue weighted by molar-refractivity contribution is 8.00. The zero-order chi connectivity index (χ0) is 13.4. The van der Waals surface area contributed by atoms with Crippen LogP contribution in [0.2, 0.25) is 0 Å². The highest BCUT2D eigenvalue weighted by Gasteiger charge is 2.26. The Morgan fingerprint density at radius 3 is 3.10 bits per heavy atom. The quantitative estimate of drug-likeness (QED) is 0.867. The van der Waals surface area contributed by atoms with Gasteiger partial charge in [0, 0.05) is 29.7 Å². The zero-order valence-corrected chi connectivity index (χ0v) is 13.1. The van der Waals surface area contributed by atoms with Gasteiger partial charge in [-0.2, -0.15) is 23.5 Å². The van der Waals surface area contributed by atoms with E-state index >= 15 is 0 Å². The van der Waals surface area contributed by atoms with E-state index in [9.17, 15) is 0 Å². The molecule has 2 aromatic rings. The number of imidazole rings is 1. The fraction of sp³-hybridized carbons (Fsp3) is 0.600. The van der Waals surface area contributed by atoms with Crippen molar-refractivity contribution in [3.63, 3.8) is 0 Å². The average Bonchev–Trinajstić information content (AvgIpc) is 3.19. The van der Waals surface area contributed by atoms with Crippen LogP contribution >= 0.6 is 23.5 Å². The van der Waals surface area contributed by atoms with Crippen LogP contribution < -0.4 is 0 Å². The van der Waals surface area contributed by atoms with Gasteiger partial charge < -0.3 is 4.57 Å². The van der Waals surface area contributed by atoms with Crippen LogP contribution in [0.25, 0.3) is 11.2 Å². The second-order valence-electron chi connectivity index (χ2n) is 5.62. The Morgan fingerprint density at radius 1 is 1.30 bits per heavy atom. The molecule has 20 heavy (non-hydrogen) atoms. The molecule has 3 nitrogen and oxygen atoms in total. The summed E-state index contributed by atoms with van der Waals surface area (Å²) in [6, 6.07) is 4.10. The molecule has 2 aliphatic rings. The number of nitrogens with zero attached hydrogens (tertiary/aromatic N) is 3. The van der Waals surface area contributed by atoms with E-state index in [1.54, 1.807) is 0 Å². The summed E-state index contributed by atoms with van der Waals surface area (Å²) in [5, 5.41) is 0.752. The first-order valence-electron chi connectivity index (χ1n) is 7.42. The van der Waals surface area contributed by atoms with Crippen LogP contribution in [0.1, 0.15) is 31.0 Å². The highest BCUT2D eigenvalue weighted by atomic mass is 32.2. The summed E-state index contributed by atoms with van der Waals surface area (Å²) in [7, 11) is 0. The van der Waals surface area contributed by atoms with Gasteiger partial charge in [0.2, 0.25) is 0 Å². The fourth-order valence-corrected chi connectivity index (χ4v) is 5.67. The largest absolute Gasteiger partial charge is 0.311 e. The van der Waals surface area contributed by atoms with Gasteiger partial charge in [-0.25, -0.2) is 9.97 Å². The minimum atomic E-state index is 0.626. The Balaban J connectivity index is 1.75. The molecule has 0 spiro atoms. The maximum absolute atomic E-state index is 4.91. The Bertz CT molecular complexity index is 598. The lowest BCUT2D eigenvalue weighted by atomic mass is 10.1. The van der Waals surface area contributed by atoms with E-state index in [0.29, 0.717) is 5.92 Å². The predicted octanol–water partition coefficient (Wildman–Crippen LogP) is 3.55. The molecule has 106 valence electrons. The Labute approximate surface area is 127 Å². The van der Waals surface area contributed by atoms with Crippen LogP contribution in [-0.2, 0) is 6.54 Å². The monoisotopic (exact) mass is 305 g/mol. The third-order valence-corrected chi connectivity index (χ3v) is 6.78. The summed E-state index contributed by atoms with van der Waals surface area (Å²) in [4.78, 5) is 9.51. The number of rotatable bonds is 3. The summed E-state index contributed by atoms with van der Waals surface area (Å²) < 4.78 is 2.43. The van der Waals surface area contributed by atoms with Crippen molar-refractivity contribution >= 4 is 34.7 Å². The number of hydrogen-bond donors (Lipinski definition) is 0. The van der Waals surface area contributed by atoms with Crippen molar-refractivity contribution in [3.8, 4) is 0 Å². The number of pyridine rings is 1. The van der Waals surface area contributed by atoms with E-state index in [1.165, 1.54) is 42.3 Å². The van der Waals surface area contributed by atoms with E-state index in [1.807, 2.05) is 12.3 Å². The standard InChI is InChI=1S/C15H19N3S2/c1-4-13-15(16-6-1)18(9-12-3-2-7-20-12)14(17-13)11-5-8-19-10-11/h1,4,6,11-12H,2-3,5,7-10H2. The molecular formula is C15H19N3S2. The van der Waals surface area contributed by atoms with Gasteiger partial charge in [0.15, 0.2) is 5.65 Å². The normalized spacial score (nSPS) is 26.6. The molecule has 0 aromatic carbocycles. The van der Waals surface area contributed by atoms with Gasteiger partial charge in [-0.05, 0) is 42.9 Å². The molecule has 0 aliphatic carbocycles. The molecular weight excluding hydrogens is 286 g/mol. The lowest BCUT2D eigenvalue weighted by Crippen LogP contribution is -2.15. The van der Waals surface area contributed by atoms with E-state index in [2.05, 4.69) is 39.1 Å². The van der Waals surface area contributed by atoms with Gasteiger partial charge in [0.25, 0.3) is 0 Å². The number of fused-ring (bicyclic) bond motifs is 1. The van der Waals surface area contributed by atoms with Gasteiger partial charge >= 0.3 is 0 Å². The molecule has 0 radical (unpaired) electrons. The molecule has 0 bridgehead atoms. The third kappa shape index (κ3) is 2.35. The van der Waals surface area contributed by atoms with Crippen LogP contribution in [0.5, 0.6) is 0 Å². The van der Waals surface area contributed by atoms with Crippen molar-refractivity contribution in [3.05, 3.63) is 24.2 Å². The number of aromatic nitrogens is 3. The maximum Gasteiger partial charge on any atom is 0.160 e. The van der Waals surface area contributed by atoms with Gasteiger partial charge in [-0.1, -0.05) is 0 Å². The average molecular weight is 305 g/mol. The van der Waals surface area contributed by atoms with Crippen molar-refractivity contribution in [1.29, 1.82) is 0 Å². The third-order valence-electron chi connectivity index (χ3n) is 4.24. The molecule has 2 fully saturated rings. The molecule has 2 unspecified atom stereocenters. The Morgan fingerprint density at radius 2 is 2.30 bits per heavy atom. The molecule has 2 atom stereocenters. The van der Waals surface area contributed by atoms with Gasteiger partial charge in [0.05, 0.1) is 0 Å². The highest BCUT2D eigenvalue weighted by Crippen LogP contribution is 2.35. The fourth-order valence-electron chi connectivity index (χ4n) is 3.20. The summed E-state index contributed by atoms with van der Waals surface area (Å²) >= 11 is 4.18. The molecule has 2 aromatic heterocycles. The van der Waals surface area contributed by atoms with Crippen molar-refractivity contribution in [2.45, 2.75) is 37.0 Å². The van der Waals surface area contributed by atoms with Crippen LogP contribution in [0.15, 0.2) is 18.3 Å². The first kappa shape index (κ1) is 13.0. The van der Waals surface area contributed by atoms with Crippen molar-refractivity contribution in [1.82, 2.24) is 14.5 Å². The van der Waals surface area contributed by atoms with E-state index in [0.717, 1.165) is 23.0 Å². The van der Waals surface area contributed by atoms with E-state index in [4.69, 9.17) is 4.98 Å². The minimum absolute atomic E-state index is 0.626. The maximum atomic E-state index is 4.91. The molecule has 2 aliphatic heterocycles. The SMILES string of the molecule is c1cnc2c(c1)nc(C1CCSC1)n2CC1CCCS1. The van der Waals surface area contributed by atoms with Gasteiger partial charge in [-0.3, -0.25) is 0 Å². The topological polar surface area (TPSA) is 30.7 Å². The lowest BCUT2D eigenvalue weighted by molar-refractivity contribution is 0.587. The molecule has 0 N–H and O–H groups in total. The van der Waals surface area contributed by atoms with E-state index < -0.39 is 0 Å².